The van der Waals surface area contributed by atoms with Crippen molar-refractivity contribution in [3.05, 3.63) is 42.7 Å². The number of piperazine rings is 1. The second kappa shape index (κ2) is 9.75. The minimum atomic E-state index is -0.749. The zero-order valence-electron chi connectivity index (χ0n) is 18.1. The van der Waals surface area contributed by atoms with Gasteiger partial charge in [-0.25, -0.2) is 0 Å². The zero-order chi connectivity index (χ0) is 23.5. The highest BCUT2D eigenvalue weighted by Gasteiger charge is 2.27. The summed E-state index contributed by atoms with van der Waals surface area (Å²) in [7, 11) is 1.57. The van der Waals surface area contributed by atoms with Gasteiger partial charge < -0.3 is 9.74 Å². The molecular weight excluding hydrogens is 452 g/mol. The second-order valence-corrected chi connectivity index (χ2v) is 9.21. The maximum Gasteiger partial charge on any atom is 0.294 e. The minimum absolute atomic E-state index is 0.100. The van der Waals surface area contributed by atoms with Crippen LogP contribution < -0.4 is 10.5 Å². The van der Waals surface area contributed by atoms with Gasteiger partial charge in [-0.3, -0.25) is 29.9 Å². The summed E-state index contributed by atoms with van der Waals surface area (Å²) in [6, 6.07) is 1.95. The van der Waals surface area contributed by atoms with E-state index < -0.39 is 26.8 Å². The van der Waals surface area contributed by atoms with Gasteiger partial charge in [-0.05, 0) is 31.6 Å². The highest BCUT2D eigenvalue weighted by molar-refractivity contribution is 7.22. The lowest BCUT2D eigenvalue weighted by Crippen LogP contribution is -2.48. The fourth-order valence-electron chi connectivity index (χ4n) is 4.40. The summed E-state index contributed by atoms with van der Waals surface area (Å²) in [6.45, 7) is 3.91. The van der Waals surface area contributed by atoms with Crippen molar-refractivity contribution in [2.24, 2.45) is 11.1 Å². The number of hydrogen-bond acceptors (Lipinski definition) is 11. The Labute approximate surface area is 192 Å². The number of non-ortho nitro benzene ring substituents is 2. The lowest BCUT2D eigenvalue weighted by molar-refractivity contribution is -0.392. The first-order valence-corrected chi connectivity index (χ1v) is 11.5. The first kappa shape index (κ1) is 23.0. The molecule has 0 amide bonds. The van der Waals surface area contributed by atoms with Gasteiger partial charge in [0.2, 0.25) is 0 Å². The molecular formula is C20H24N6O6S. The quantitative estimate of drug-likeness (QED) is 0.454. The monoisotopic (exact) mass is 476 g/mol. The number of benzene rings is 1. The van der Waals surface area contributed by atoms with E-state index in [4.69, 9.17) is 4.84 Å². The van der Waals surface area contributed by atoms with Crippen molar-refractivity contribution in [3.8, 4) is 0 Å². The van der Waals surface area contributed by atoms with E-state index in [2.05, 4.69) is 15.0 Å². The number of fused-ring (bicyclic) bond motifs is 1. The predicted octanol–water partition coefficient (Wildman–Crippen LogP) is 2.79. The summed E-state index contributed by atoms with van der Waals surface area (Å²) >= 11 is 1.03. The number of aromatic nitrogens is 1. The van der Waals surface area contributed by atoms with Crippen LogP contribution in [0.5, 0.6) is 0 Å². The Morgan fingerprint density at radius 2 is 1.85 bits per heavy atom. The molecule has 2 heterocycles. The summed E-state index contributed by atoms with van der Waals surface area (Å²) in [4.78, 5) is 47.1. The molecule has 1 saturated heterocycles. The van der Waals surface area contributed by atoms with Crippen LogP contribution in [0.2, 0.25) is 0 Å². The number of hydrogen-bond donors (Lipinski definition) is 0. The molecule has 13 heteroatoms. The highest BCUT2D eigenvalue weighted by atomic mass is 32.1. The first-order valence-electron chi connectivity index (χ1n) is 10.7. The molecule has 0 N–H and O–H groups in total. The topological polar surface area (TPSA) is 144 Å². The molecule has 1 saturated carbocycles. The maximum atomic E-state index is 12.6. The van der Waals surface area contributed by atoms with Crippen molar-refractivity contribution in [2.45, 2.75) is 25.7 Å². The Morgan fingerprint density at radius 3 is 2.45 bits per heavy atom. The van der Waals surface area contributed by atoms with Crippen molar-refractivity contribution in [1.29, 1.82) is 0 Å². The van der Waals surface area contributed by atoms with Crippen LogP contribution in [-0.4, -0.2) is 65.3 Å². The number of nitro groups is 2. The number of anilines is 1. The van der Waals surface area contributed by atoms with E-state index in [1.165, 1.54) is 0 Å². The molecule has 2 aromatic rings. The number of nitrogens with zero attached hydrogens (tertiary/aromatic N) is 6. The number of nitro benzene ring substituents is 2. The Kier molecular flexibility index (Phi) is 6.79. The third kappa shape index (κ3) is 5.09. The lowest BCUT2D eigenvalue weighted by atomic mass is 9.87. The molecule has 1 aromatic carbocycles. The lowest BCUT2D eigenvalue weighted by Gasteiger charge is -2.37. The average Bonchev–Trinajstić information content (AvgIpc) is 2.80. The fraction of sp³-hybridized carbons (Fsp3) is 0.550. The smallest absolute Gasteiger partial charge is 0.294 e. The fourth-order valence-corrected chi connectivity index (χ4v) is 5.52. The SMILES string of the molecule is CON=C1CCC(CN2CCN(c3nc(=O)c4cc([N+](=O)[O-])cc([N+](=O)[O-])c4s3)CC2)CC1. The Morgan fingerprint density at radius 1 is 1.15 bits per heavy atom. The zero-order valence-corrected chi connectivity index (χ0v) is 19.0. The Hall–Kier alpha value is -3.19. The Balaban J connectivity index is 1.46. The summed E-state index contributed by atoms with van der Waals surface area (Å²) in [6.07, 6.45) is 4.10. The van der Waals surface area contributed by atoms with Gasteiger partial charge in [-0.15, -0.1) is 0 Å². The minimum Gasteiger partial charge on any atom is -0.399 e. The summed E-state index contributed by atoms with van der Waals surface area (Å²) in [5.74, 6) is 0.612. The van der Waals surface area contributed by atoms with E-state index in [-0.39, 0.29) is 10.1 Å². The van der Waals surface area contributed by atoms with Gasteiger partial charge in [0.05, 0.1) is 27.0 Å². The van der Waals surface area contributed by atoms with E-state index in [9.17, 15) is 25.0 Å². The van der Waals surface area contributed by atoms with E-state index in [1.54, 1.807) is 7.11 Å². The van der Waals surface area contributed by atoms with E-state index in [0.29, 0.717) is 24.1 Å². The van der Waals surface area contributed by atoms with Gasteiger partial charge in [-0.1, -0.05) is 16.5 Å². The van der Waals surface area contributed by atoms with Crippen LogP contribution in [0, 0.1) is 26.1 Å². The van der Waals surface area contributed by atoms with Crippen LogP contribution in [0.4, 0.5) is 16.5 Å². The molecule has 0 bridgehead atoms. The van der Waals surface area contributed by atoms with Crippen LogP contribution in [-0.2, 0) is 4.84 Å². The molecule has 1 aliphatic carbocycles. The van der Waals surface area contributed by atoms with Crippen LogP contribution in [0.3, 0.4) is 0 Å². The average molecular weight is 477 g/mol. The summed E-state index contributed by atoms with van der Waals surface area (Å²) in [5.41, 5.74) is -0.513. The van der Waals surface area contributed by atoms with Gasteiger partial charge in [0.15, 0.2) is 5.13 Å². The molecule has 0 unspecified atom stereocenters. The van der Waals surface area contributed by atoms with Crippen LogP contribution in [0.25, 0.3) is 10.1 Å². The van der Waals surface area contributed by atoms with Gasteiger partial charge in [0, 0.05) is 38.8 Å². The molecule has 0 spiro atoms. The number of rotatable bonds is 6. The summed E-state index contributed by atoms with van der Waals surface area (Å²) < 4.78 is 0.110. The van der Waals surface area contributed by atoms with Crippen molar-refractivity contribution in [3.63, 3.8) is 0 Å². The predicted molar refractivity (Wildman–Crippen MR) is 124 cm³/mol. The van der Waals surface area contributed by atoms with Crippen LogP contribution in [0.15, 0.2) is 22.1 Å². The molecule has 1 aliphatic heterocycles. The molecule has 4 rings (SSSR count). The highest BCUT2D eigenvalue weighted by Crippen LogP contribution is 2.35. The van der Waals surface area contributed by atoms with Crippen LogP contribution in [0.1, 0.15) is 25.7 Å². The van der Waals surface area contributed by atoms with E-state index in [1.807, 2.05) is 4.90 Å². The number of oxime groups is 1. The molecule has 33 heavy (non-hydrogen) atoms. The molecule has 12 nitrogen and oxygen atoms in total. The molecule has 176 valence electrons. The molecule has 0 atom stereocenters. The standard InChI is InChI=1S/C20H24N6O6S/c1-32-22-14-4-2-13(3-5-14)12-23-6-8-24(9-7-23)20-21-19(27)16-10-15(25(28)29)11-17(26(30)31)18(16)33-20/h10-11,13H,2-9,12H2,1H3. The molecule has 2 aliphatic rings. The largest absolute Gasteiger partial charge is 0.399 e. The first-order chi connectivity index (χ1) is 15.9. The molecule has 1 aromatic heterocycles. The Bertz CT molecular complexity index is 1150. The molecule has 2 fully saturated rings. The van der Waals surface area contributed by atoms with E-state index >= 15 is 0 Å². The van der Waals surface area contributed by atoms with Gasteiger partial charge in [-0.2, -0.15) is 4.98 Å². The van der Waals surface area contributed by atoms with E-state index in [0.717, 1.165) is 74.5 Å². The van der Waals surface area contributed by atoms with Gasteiger partial charge in [0.25, 0.3) is 16.9 Å². The third-order valence-electron chi connectivity index (χ3n) is 6.14. The van der Waals surface area contributed by atoms with Gasteiger partial charge in [0.1, 0.15) is 11.8 Å². The van der Waals surface area contributed by atoms with Crippen molar-refractivity contribution < 1.29 is 14.7 Å². The second-order valence-electron chi connectivity index (χ2n) is 8.23. The summed E-state index contributed by atoms with van der Waals surface area (Å²) in [5, 5.41) is 27.0. The van der Waals surface area contributed by atoms with Crippen LogP contribution >= 0.6 is 11.3 Å². The van der Waals surface area contributed by atoms with Gasteiger partial charge >= 0.3 is 0 Å². The van der Waals surface area contributed by atoms with Crippen molar-refractivity contribution >= 4 is 43.6 Å². The normalized spacial score (nSPS) is 19.5. The van der Waals surface area contributed by atoms with Crippen molar-refractivity contribution in [1.82, 2.24) is 9.88 Å². The van der Waals surface area contributed by atoms with Crippen molar-refractivity contribution in [2.75, 3.05) is 44.7 Å². The maximum absolute atomic E-state index is 12.6. The third-order valence-corrected chi connectivity index (χ3v) is 7.31. The molecule has 0 radical (unpaired) electrons.